The van der Waals surface area contributed by atoms with Gasteiger partial charge in [-0.15, -0.1) is 0 Å². The molecule has 2 N–H and O–H groups in total. The highest BCUT2D eigenvalue weighted by Gasteiger charge is 2.42. The highest BCUT2D eigenvalue weighted by Crippen LogP contribution is 2.41. The molecule has 1 amide bonds. The molecule has 2 aromatic rings. The van der Waals surface area contributed by atoms with Crippen LogP contribution in [0.3, 0.4) is 0 Å². The second-order valence-electron chi connectivity index (χ2n) is 6.73. The molecule has 0 atom stereocenters. The van der Waals surface area contributed by atoms with E-state index in [1.54, 1.807) is 6.20 Å². The quantitative estimate of drug-likeness (QED) is 0.876. The molecular formula is C17H24N6O. The van der Waals surface area contributed by atoms with Gasteiger partial charge in [0.15, 0.2) is 5.82 Å². The summed E-state index contributed by atoms with van der Waals surface area (Å²) >= 11 is 0. The molecule has 1 aliphatic carbocycles. The van der Waals surface area contributed by atoms with Crippen LogP contribution >= 0.6 is 0 Å². The number of carbonyl (C=O) groups is 1. The van der Waals surface area contributed by atoms with E-state index in [-0.39, 0.29) is 5.91 Å². The zero-order valence-electron chi connectivity index (χ0n) is 14.0. The van der Waals surface area contributed by atoms with Gasteiger partial charge in [0.25, 0.3) is 5.91 Å². The van der Waals surface area contributed by atoms with E-state index in [1.807, 2.05) is 27.7 Å². The summed E-state index contributed by atoms with van der Waals surface area (Å²) in [6, 6.07) is 3.91. The molecule has 0 radical (unpaired) electrons. The lowest BCUT2D eigenvalue weighted by atomic mass is 9.87. The van der Waals surface area contributed by atoms with Gasteiger partial charge in [-0.3, -0.25) is 14.2 Å². The maximum atomic E-state index is 13.1. The minimum Gasteiger partial charge on any atom is -0.317 e. The van der Waals surface area contributed by atoms with Crippen molar-refractivity contribution in [2.45, 2.75) is 50.6 Å². The van der Waals surface area contributed by atoms with Gasteiger partial charge in [0.2, 0.25) is 0 Å². The molecule has 1 saturated heterocycles. The summed E-state index contributed by atoms with van der Waals surface area (Å²) in [4.78, 5) is 13.1. The first kappa shape index (κ1) is 15.4. The molecule has 2 fully saturated rings. The maximum Gasteiger partial charge on any atom is 0.253 e. The Kier molecular flexibility index (Phi) is 3.88. The summed E-state index contributed by atoms with van der Waals surface area (Å²) in [6.07, 6.45) is 7.51. The molecule has 1 aliphatic heterocycles. The lowest BCUT2D eigenvalue weighted by Crippen LogP contribution is -2.52. The number of nitrogens with one attached hydrogen (secondary N) is 2. The first-order valence-electron chi connectivity index (χ1n) is 8.83. The average molecular weight is 328 g/mol. The summed E-state index contributed by atoms with van der Waals surface area (Å²) in [5.41, 5.74) is 0.607. The predicted molar refractivity (Wildman–Crippen MR) is 90.8 cm³/mol. The fourth-order valence-electron chi connectivity index (χ4n) is 3.61. The standard InChI is InChI=1S/C17H24N6O/c1-2-22-14(13-4-5-13)12-15(21-22)20-16(24)17(6-9-18-10-7-17)23-11-3-8-19-23/h3,8,11-13,18H,2,4-7,9-10H2,1H3,(H,20,21,24). The van der Waals surface area contributed by atoms with Crippen LogP contribution in [0.5, 0.6) is 0 Å². The van der Waals surface area contributed by atoms with E-state index in [2.05, 4.69) is 27.8 Å². The number of rotatable bonds is 5. The zero-order chi connectivity index (χ0) is 16.6. The van der Waals surface area contributed by atoms with Gasteiger partial charge in [-0.05, 0) is 51.8 Å². The third-order valence-electron chi connectivity index (χ3n) is 5.14. The lowest BCUT2D eigenvalue weighted by molar-refractivity contribution is -0.126. The third kappa shape index (κ3) is 2.62. The van der Waals surface area contributed by atoms with Crippen molar-refractivity contribution in [3.05, 3.63) is 30.2 Å². The van der Waals surface area contributed by atoms with E-state index in [9.17, 15) is 4.79 Å². The number of amides is 1. The number of piperidine rings is 1. The summed E-state index contributed by atoms with van der Waals surface area (Å²) < 4.78 is 3.82. The van der Waals surface area contributed by atoms with Crippen molar-refractivity contribution in [1.29, 1.82) is 0 Å². The molecule has 2 aliphatic rings. The number of nitrogens with zero attached hydrogens (tertiary/aromatic N) is 4. The van der Waals surface area contributed by atoms with Gasteiger partial charge in [-0.25, -0.2) is 0 Å². The van der Waals surface area contributed by atoms with Gasteiger partial charge in [0, 0.05) is 36.6 Å². The molecule has 1 saturated carbocycles. The number of aryl methyl sites for hydroxylation is 1. The maximum absolute atomic E-state index is 13.1. The zero-order valence-corrected chi connectivity index (χ0v) is 14.0. The largest absolute Gasteiger partial charge is 0.317 e. The molecule has 7 heteroatoms. The lowest BCUT2D eigenvalue weighted by Gasteiger charge is -2.36. The second-order valence-corrected chi connectivity index (χ2v) is 6.73. The SMILES string of the molecule is CCn1nc(NC(=O)C2(n3cccn3)CCNCC2)cc1C1CC1. The van der Waals surface area contributed by atoms with Crippen LogP contribution in [-0.4, -0.2) is 38.6 Å². The predicted octanol–water partition coefficient (Wildman–Crippen LogP) is 1.69. The van der Waals surface area contributed by atoms with Crippen LogP contribution < -0.4 is 10.6 Å². The van der Waals surface area contributed by atoms with Gasteiger partial charge in [-0.1, -0.05) is 0 Å². The van der Waals surface area contributed by atoms with Crippen molar-refractivity contribution in [2.75, 3.05) is 18.4 Å². The highest BCUT2D eigenvalue weighted by atomic mass is 16.2. The Balaban J connectivity index is 1.59. The average Bonchev–Trinajstić information content (AvgIpc) is 3.14. The van der Waals surface area contributed by atoms with Crippen molar-refractivity contribution in [3.8, 4) is 0 Å². The van der Waals surface area contributed by atoms with E-state index in [0.717, 1.165) is 32.5 Å². The normalized spacial score (nSPS) is 20.0. The molecule has 24 heavy (non-hydrogen) atoms. The molecule has 2 aromatic heterocycles. The van der Waals surface area contributed by atoms with Crippen LogP contribution in [0.4, 0.5) is 5.82 Å². The van der Waals surface area contributed by atoms with E-state index >= 15 is 0 Å². The minimum absolute atomic E-state index is 0.0178. The second kappa shape index (κ2) is 6.05. The number of hydrogen-bond acceptors (Lipinski definition) is 4. The Morgan fingerprint density at radius 2 is 2.21 bits per heavy atom. The van der Waals surface area contributed by atoms with E-state index < -0.39 is 5.54 Å². The summed E-state index contributed by atoms with van der Waals surface area (Å²) in [6.45, 7) is 4.53. The Labute approximate surface area is 141 Å². The molecule has 0 aromatic carbocycles. The topological polar surface area (TPSA) is 76.8 Å². The van der Waals surface area contributed by atoms with E-state index in [4.69, 9.17) is 0 Å². The number of hydrogen-bond donors (Lipinski definition) is 2. The van der Waals surface area contributed by atoms with Gasteiger partial charge in [0.05, 0.1) is 0 Å². The van der Waals surface area contributed by atoms with Gasteiger partial charge in [0.1, 0.15) is 5.54 Å². The van der Waals surface area contributed by atoms with Crippen LogP contribution in [0.15, 0.2) is 24.5 Å². The molecule has 0 bridgehead atoms. The Hall–Kier alpha value is -2.15. The summed E-state index contributed by atoms with van der Waals surface area (Å²) in [5, 5.41) is 15.3. The minimum atomic E-state index is -0.634. The first-order valence-corrected chi connectivity index (χ1v) is 8.83. The van der Waals surface area contributed by atoms with Crippen molar-refractivity contribution in [1.82, 2.24) is 24.9 Å². The van der Waals surface area contributed by atoms with Crippen molar-refractivity contribution in [3.63, 3.8) is 0 Å². The van der Waals surface area contributed by atoms with Crippen LogP contribution in [0.2, 0.25) is 0 Å². The van der Waals surface area contributed by atoms with Crippen LogP contribution in [-0.2, 0) is 16.9 Å². The number of carbonyl (C=O) groups excluding carboxylic acids is 1. The monoisotopic (exact) mass is 328 g/mol. The highest BCUT2D eigenvalue weighted by molar-refractivity contribution is 5.96. The molecule has 4 rings (SSSR count). The van der Waals surface area contributed by atoms with Gasteiger partial charge >= 0.3 is 0 Å². The molecule has 7 nitrogen and oxygen atoms in total. The number of anilines is 1. The molecule has 0 unspecified atom stereocenters. The van der Waals surface area contributed by atoms with Crippen LogP contribution in [0.25, 0.3) is 0 Å². The Morgan fingerprint density at radius 1 is 1.42 bits per heavy atom. The van der Waals surface area contributed by atoms with Crippen LogP contribution in [0.1, 0.15) is 44.2 Å². The first-order chi connectivity index (χ1) is 11.7. The molecule has 128 valence electrons. The van der Waals surface area contributed by atoms with E-state index in [0.29, 0.717) is 11.7 Å². The number of aromatic nitrogens is 4. The van der Waals surface area contributed by atoms with Gasteiger partial charge < -0.3 is 10.6 Å². The summed E-state index contributed by atoms with van der Waals surface area (Å²) in [5.74, 6) is 1.26. The third-order valence-corrected chi connectivity index (χ3v) is 5.14. The molecule has 0 spiro atoms. The van der Waals surface area contributed by atoms with Crippen LogP contribution in [0, 0.1) is 0 Å². The summed E-state index contributed by atoms with van der Waals surface area (Å²) in [7, 11) is 0. The Bertz CT molecular complexity index is 710. The van der Waals surface area contributed by atoms with Crippen molar-refractivity contribution >= 4 is 11.7 Å². The fraction of sp³-hybridized carbons (Fsp3) is 0.588. The van der Waals surface area contributed by atoms with Crippen molar-refractivity contribution < 1.29 is 4.79 Å². The fourth-order valence-corrected chi connectivity index (χ4v) is 3.61. The van der Waals surface area contributed by atoms with E-state index in [1.165, 1.54) is 18.5 Å². The van der Waals surface area contributed by atoms with Crippen molar-refractivity contribution in [2.24, 2.45) is 0 Å². The molecule has 3 heterocycles. The smallest absolute Gasteiger partial charge is 0.253 e. The molecular weight excluding hydrogens is 304 g/mol. The Morgan fingerprint density at radius 3 is 2.83 bits per heavy atom. The van der Waals surface area contributed by atoms with Gasteiger partial charge in [-0.2, -0.15) is 10.2 Å².